The van der Waals surface area contributed by atoms with Crippen molar-refractivity contribution >= 4 is 33.9 Å². The Hall–Kier alpha value is -4.86. The van der Waals surface area contributed by atoms with Gasteiger partial charge in [0.1, 0.15) is 11.5 Å². The third kappa shape index (κ3) is 7.17. The van der Waals surface area contributed by atoms with E-state index in [0.29, 0.717) is 28.7 Å². The van der Waals surface area contributed by atoms with Crippen molar-refractivity contribution in [3.8, 4) is 22.6 Å². The number of fused-ring (bicyclic) bond motifs is 1. The summed E-state index contributed by atoms with van der Waals surface area (Å²) in [7, 11) is 5.41. The van der Waals surface area contributed by atoms with Gasteiger partial charge in [0.2, 0.25) is 0 Å². The van der Waals surface area contributed by atoms with Crippen LogP contribution in [-0.2, 0) is 6.54 Å². The normalized spacial score (nSPS) is 14.5. The zero-order chi connectivity index (χ0) is 33.8. The molecule has 3 aromatic carbocycles. The van der Waals surface area contributed by atoms with Crippen LogP contribution in [0.1, 0.15) is 28.5 Å². The number of carbonyl (C=O) groups excluding carboxylic acids is 1. The van der Waals surface area contributed by atoms with E-state index < -0.39 is 0 Å². The zero-order valence-corrected chi connectivity index (χ0v) is 28.8. The van der Waals surface area contributed by atoms with Crippen LogP contribution in [0.2, 0.25) is 0 Å². The summed E-state index contributed by atoms with van der Waals surface area (Å²) in [6.07, 6.45) is 3.44. The standard InChI is InChI=1S/C39H46N6O3/c1-26(24-44-18-16-43(4)17-19-44)25-45-28(3)27(2)34-21-32(10-11-35(34)45)41-31-9-7-8-30(20-31)39(46)42-33-22-36(47-5)38(37(23-33)48-6)29-12-14-40-15-13-29/h7-15,20-23,26,41H,16-19,24-25H2,1-6H3,(H,42,46). The van der Waals surface area contributed by atoms with Crippen LogP contribution in [0.15, 0.2) is 79.1 Å². The SMILES string of the molecule is COc1cc(NC(=O)c2cccc(Nc3ccc4c(c3)c(C)c(C)n4CC(C)CN3CCN(C)CC3)c2)cc(OC)c1-c1ccncc1. The monoisotopic (exact) mass is 646 g/mol. The molecule has 0 spiro atoms. The van der Waals surface area contributed by atoms with E-state index in [0.717, 1.165) is 61.8 Å². The van der Waals surface area contributed by atoms with E-state index in [1.807, 2.05) is 30.3 Å². The van der Waals surface area contributed by atoms with E-state index in [1.54, 1.807) is 44.8 Å². The number of aryl methyl sites for hydroxylation is 1. The Balaban J connectivity index is 1.16. The predicted octanol–water partition coefficient (Wildman–Crippen LogP) is 7.22. The van der Waals surface area contributed by atoms with Crippen molar-refractivity contribution in [3.05, 3.63) is 95.9 Å². The van der Waals surface area contributed by atoms with Crippen molar-refractivity contribution in [2.24, 2.45) is 5.92 Å². The summed E-state index contributed by atoms with van der Waals surface area (Å²) in [6.45, 7) is 13.5. The molecule has 5 aromatic rings. The molecule has 1 aliphatic rings. The molecule has 0 bridgehead atoms. The van der Waals surface area contributed by atoms with Crippen molar-refractivity contribution in [1.82, 2.24) is 19.4 Å². The Kier molecular flexibility index (Phi) is 9.98. The lowest BCUT2D eigenvalue weighted by Gasteiger charge is -2.34. The number of anilines is 3. The van der Waals surface area contributed by atoms with Crippen LogP contribution in [0, 0.1) is 19.8 Å². The number of carbonyl (C=O) groups is 1. The first-order valence-corrected chi connectivity index (χ1v) is 16.6. The second kappa shape index (κ2) is 14.5. The molecule has 1 saturated heterocycles. The summed E-state index contributed by atoms with van der Waals surface area (Å²) < 4.78 is 13.9. The van der Waals surface area contributed by atoms with Crippen LogP contribution in [0.4, 0.5) is 17.1 Å². The quantitative estimate of drug-likeness (QED) is 0.157. The molecule has 1 fully saturated rings. The highest BCUT2D eigenvalue weighted by Gasteiger charge is 2.20. The van der Waals surface area contributed by atoms with E-state index in [4.69, 9.17) is 9.47 Å². The van der Waals surface area contributed by atoms with E-state index in [2.05, 4.69) is 76.0 Å². The number of hydrogen-bond donors (Lipinski definition) is 2. The molecule has 2 N–H and O–H groups in total. The van der Waals surface area contributed by atoms with Gasteiger partial charge in [-0.1, -0.05) is 13.0 Å². The molecule has 0 aliphatic carbocycles. The highest BCUT2D eigenvalue weighted by atomic mass is 16.5. The number of methoxy groups -OCH3 is 2. The lowest BCUT2D eigenvalue weighted by atomic mass is 10.0. The number of piperazine rings is 1. The van der Waals surface area contributed by atoms with Gasteiger partial charge in [0.15, 0.2) is 0 Å². The molecule has 1 unspecified atom stereocenters. The molecule has 9 heteroatoms. The van der Waals surface area contributed by atoms with Gasteiger partial charge in [-0.05, 0) is 86.5 Å². The van der Waals surface area contributed by atoms with Crippen LogP contribution >= 0.6 is 0 Å². The average Bonchev–Trinajstić information content (AvgIpc) is 3.33. The average molecular weight is 647 g/mol. The number of amides is 1. The van der Waals surface area contributed by atoms with Crippen LogP contribution in [0.25, 0.3) is 22.0 Å². The molecule has 250 valence electrons. The number of likely N-dealkylation sites (N-methyl/N-ethyl adjacent to an activating group) is 1. The summed E-state index contributed by atoms with van der Waals surface area (Å²) in [5.74, 6) is 1.50. The summed E-state index contributed by atoms with van der Waals surface area (Å²) in [6, 6.07) is 21.5. The summed E-state index contributed by atoms with van der Waals surface area (Å²) >= 11 is 0. The third-order valence-corrected chi connectivity index (χ3v) is 9.45. The Morgan fingerprint density at radius 3 is 2.23 bits per heavy atom. The number of rotatable bonds is 11. The second-order valence-electron chi connectivity index (χ2n) is 12.9. The first kappa shape index (κ1) is 33.1. The number of aromatic nitrogens is 2. The van der Waals surface area contributed by atoms with E-state index >= 15 is 0 Å². The van der Waals surface area contributed by atoms with Crippen molar-refractivity contribution in [2.45, 2.75) is 27.3 Å². The van der Waals surface area contributed by atoms with Crippen LogP contribution in [-0.4, -0.2) is 79.2 Å². The number of hydrogen-bond acceptors (Lipinski definition) is 7. The van der Waals surface area contributed by atoms with Gasteiger partial charge in [-0.15, -0.1) is 0 Å². The first-order valence-electron chi connectivity index (χ1n) is 16.6. The third-order valence-electron chi connectivity index (χ3n) is 9.45. The number of nitrogens with one attached hydrogen (secondary N) is 2. The summed E-state index contributed by atoms with van der Waals surface area (Å²) in [5, 5.41) is 7.79. The predicted molar refractivity (Wildman–Crippen MR) is 195 cm³/mol. The Labute approximate surface area is 283 Å². The molecule has 9 nitrogen and oxygen atoms in total. The molecule has 2 aromatic heterocycles. The van der Waals surface area contributed by atoms with Crippen LogP contribution in [0.3, 0.4) is 0 Å². The summed E-state index contributed by atoms with van der Waals surface area (Å²) in [5.41, 5.74) is 8.49. The molecule has 1 amide bonds. The Morgan fingerprint density at radius 1 is 0.854 bits per heavy atom. The molecule has 48 heavy (non-hydrogen) atoms. The zero-order valence-electron chi connectivity index (χ0n) is 28.8. The van der Waals surface area contributed by atoms with Crippen LogP contribution in [0.5, 0.6) is 11.5 Å². The van der Waals surface area contributed by atoms with Crippen molar-refractivity contribution in [2.75, 3.05) is 64.6 Å². The highest BCUT2D eigenvalue weighted by Crippen LogP contribution is 2.41. The largest absolute Gasteiger partial charge is 0.496 e. The molecule has 1 atom stereocenters. The van der Waals surface area contributed by atoms with Gasteiger partial charge >= 0.3 is 0 Å². The van der Waals surface area contributed by atoms with Gasteiger partial charge in [-0.2, -0.15) is 0 Å². The number of ether oxygens (including phenoxy) is 2. The minimum absolute atomic E-state index is 0.232. The maximum atomic E-state index is 13.4. The lowest BCUT2D eigenvalue weighted by Crippen LogP contribution is -2.46. The molecule has 0 saturated carbocycles. The van der Waals surface area contributed by atoms with E-state index in [1.165, 1.54) is 22.2 Å². The first-order chi connectivity index (χ1) is 23.2. The maximum Gasteiger partial charge on any atom is 0.255 e. The number of benzene rings is 3. The molecule has 1 aliphatic heterocycles. The van der Waals surface area contributed by atoms with Gasteiger partial charge < -0.3 is 34.5 Å². The minimum Gasteiger partial charge on any atom is -0.496 e. The number of nitrogens with zero attached hydrogens (tertiary/aromatic N) is 4. The molecular formula is C39H46N6O3. The smallest absolute Gasteiger partial charge is 0.255 e. The van der Waals surface area contributed by atoms with Gasteiger partial charge in [-0.25, -0.2) is 0 Å². The molecule has 6 rings (SSSR count). The fraction of sp³-hybridized carbons (Fsp3) is 0.333. The molecule has 3 heterocycles. The van der Waals surface area contributed by atoms with Gasteiger partial charge in [0.05, 0.1) is 19.8 Å². The Bertz CT molecular complexity index is 1870. The highest BCUT2D eigenvalue weighted by molar-refractivity contribution is 6.05. The Morgan fingerprint density at radius 2 is 1.54 bits per heavy atom. The van der Waals surface area contributed by atoms with Crippen molar-refractivity contribution in [1.29, 1.82) is 0 Å². The van der Waals surface area contributed by atoms with E-state index in [-0.39, 0.29) is 5.91 Å². The minimum atomic E-state index is -0.232. The topological polar surface area (TPSA) is 83.9 Å². The number of pyridine rings is 1. The van der Waals surface area contributed by atoms with Crippen LogP contribution < -0.4 is 20.1 Å². The van der Waals surface area contributed by atoms with Crippen molar-refractivity contribution < 1.29 is 14.3 Å². The molecule has 0 radical (unpaired) electrons. The van der Waals surface area contributed by atoms with E-state index in [9.17, 15) is 4.79 Å². The summed E-state index contributed by atoms with van der Waals surface area (Å²) in [4.78, 5) is 22.5. The maximum absolute atomic E-state index is 13.4. The van der Waals surface area contributed by atoms with Gasteiger partial charge in [0.25, 0.3) is 5.91 Å². The van der Waals surface area contributed by atoms with Gasteiger partial charge in [0, 0.05) is 103 Å². The van der Waals surface area contributed by atoms with Crippen molar-refractivity contribution in [3.63, 3.8) is 0 Å². The fourth-order valence-corrected chi connectivity index (χ4v) is 6.70. The molecular weight excluding hydrogens is 600 g/mol. The van der Waals surface area contributed by atoms with Gasteiger partial charge in [-0.3, -0.25) is 9.78 Å². The fourth-order valence-electron chi connectivity index (χ4n) is 6.70. The second-order valence-corrected chi connectivity index (χ2v) is 12.9. The lowest BCUT2D eigenvalue weighted by molar-refractivity contribution is 0.102.